The van der Waals surface area contributed by atoms with Crippen molar-refractivity contribution in [1.82, 2.24) is 5.32 Å². The second-order valence-electron chi connectivity index (χ2n) is 4.56. The molecular weight excluding hydrogens is 307 g/mol. The summed E-state index contributed by atoms with van der Waals surface area (Å²) < 4.78 is 42.0. The van der Waals surface area contributed by atoms with Crippen LogP contribution < -0.4 is 5.32 Å². The number of alkyl halides is 4. The van der Waals surface area contributed by atoms with Gasteiger partial charge in [-0.05, 0) is 24.1 Å². The number of nitrogens with one attached hydrogen (secondary N) is 1. The molecule has 1 aromatic carbocycles. The number of ether oxygens (including phenoxy) is 1. The summed E-state index contributed by atoms with van der Waals surface area (Å²) in [6, 6.07) is 4.54. The third kappa shape index (κ3) is 6.82. The van der Waals surface area contributed by atoms with Crippen molar-refractivity contribution in [2.75, 3.05) is 20.3 Å². The third-order valence-electron chi connectivity index (χ3n) is 2.77. The number of benzene rings is 1. The maximum absolute atomic E-state index is 12.4. The van der Waals surface area contributed by atoms with Gasteiger partial charge >= 0.3 is 6.18 Å². The van der Waals surface area contributed by atoms with E-state index >= 15 is 0 Å². The Morgan fingerprint density at radius 1 is 1.33 bits per heavy atom. The molecule has 7 heteroatoms. The van der Waals surface area contributed by atoms with Crippen molar-refractivity contribution in [3.8, 4) is 0 Å². The van der Waals surface area contributed by atoms with E-state index in [1.165, 1.54) is 12.1 Å². The van der Waals surface area contributed by atoms with Gasteiger partial charge in [-0.3, -0.25) is 4.79 Å². The lowest BCUT2D eigenvalue weighted by Gasteiger charge is -2.10. The van der Waals surface area contributed by atoms with Crippen molar-refractivity contribution in [3.63, 3.8) is 0 Å². The largest absolute Gasteiger partial charge is 0.416 e. The van der Waals surface area contributed by atoms with Gasteiger partial charge in [0.15, 0.2) is 0 Å². The molecule has 0 saturated heterocycles. The van der Waals surface area contributed by atoms with Gasteiger partial charge in [-0.25, -0.2) is 0 Å². The van der Waals surface area contributed by atoms with E-state index in [9.17, 15) is 18.0 Å². The Morgan fingerprint density at radius 3 is 2.48 bits per heavy atom. The molecule has 1 unspecified atom stereocenters. The highest BCUT2D eigenvalue weighted by Crippen LogP contribution is 2.29. The van der Waals surface area contributed by atoms with Crippen molar-refractivity contribution in [1.29, 1.82) is 0 Å². The smallest absolute Gasteiger partial charge is 0.383 e. The molecule has 0 saturated carbocycles. The van der Waals surface area contributed by atoms with Crippen LogP contribution in [0.1, 0.15) is 17.5 Å². The third-order valence-corrected chi connectivity index (χ3v) is 3.12. The first-order chi connectivity index (χ1) is 9.82. The summed E-state index contributed by atoms with van der Waals surface area (Å²) in [6.45, 7) is 0.799. The van der Waals surface area contributed by atoms with Crippen LogP contribution in [0.5, 0.6) is 0 Å². The molecule has 0 spiro atoms. The number of carbonyl (C=O) groups is 1. The average molecular weight is 324 g/mol. The zero-order chi connectivity index (χ0) is 15.9. The first-order valence-electron chi connectivity index (χ1n) is 6.38. The molecule has 0 aliphatic rings. The van der Waals surface area contributed by atoms with Gasteiger partial charge in [0.05, 0.1) is 24.0 Å². The van der Waals surface area contributed by atoms with E-state index in [1.54, 1.807) is 7.11 Å². The number of methoxy groups -OCH3 is 1. The van der Waals surface area contributed by atoms with Crippen molar-refractivity contribution in [2.24, 2.45) is 0 Å². The highest BCUT2D eigenvalue weighted by molar-refractivity contribution is 6.20. The molecule has 1 rings (SSSR count). The molecule has 1 atom stereocenters. The van der Waals surface area contributed by atoms with Crippen LogP contribution in [0.2, 0.25) is 0 Å². The molecular formula is C14H17ClF3NO2. The number of rotatable bonds is 7. The number of hydrogen-bond donors (Lipinski definition) is 1. The number of amides is 1. The lowest BCUT2D eigenvalue weighted by Crippen LogP contribution is -2.28. The molecule has 0 bridgehead atoms. The summed E-state index contributed by atoms with van der Waals surface area (Å²) in [5.74, 6) is -0.254. The van der Waals surface area contributed by atoms with Gasteiger partial charge in [0.2, 0.25) is 5.91 Å². The topological polar surface area (TPSA) is 38.3 Å². The number of hydrogen-bond acceptors (Lipinski definition) is 2. The van der Waals surface area contributed by atoms with Crippen LogP contribution >= 0.6 is 11.6 Å². The molecule has 118 valence electrons. The number of carbonyl (C=O) groups excluding carboxylic acids is 1. The Kier molecular flexibility index (Phi) is 6.98. The fraction of sp³-hybridized carbons (Fsp3) is 0.500. The van der Waals surface area contributed by atoms with Gasteiger partial charge in [-0.1, -0.05) is 12.1 Å². The Bertz CT molecular complexity index is 449. The van der Waals surface area contributed by atoms with Crippen molar-refractivity contribution in [3.05, 3.63) is 35.4 Å². The lowest BCUT2D eigenvalue weighted by atomic mass is 10.1. The fourth-order valence-electron chi connectivity index (χ4n) is 1.69. The van der Waals surface area contributed by atoms with Gasteiger partial charge in [0, 0.05) is 13.7 Å². The normalized spacial score (nSPS) is 13.0. The van der Waals surface area contributed by atoms with E-state index in [4.69, 9.17) is 16.3 Å². The van der Waals surface area contributed by atoms with Gasteiger partial charge in [-0.2, -0.15) is 13.2 Å². The highest BCUT2D eigenvalue weighted by Gasteiger charge is 2.29. The number of halogens is 4. The van der Waals surface area contributed by atoms with Gasteiger partial charge < -0.3 is 10.1 Å². The van der Waals surface area contributed by atoms with Gasteiger partial charge in [0.1, 0.15) is 0 Å². The molecule has 0 radical (unpaired) electrons. The zero-order valence-corrected chi connectivity index (χ0v) is 12.3. The molecule has 0 heterocycles. The van der Waals surface area contributed by atoms with Crippen LogP contribution in [-0.4, -0.2) is 31.5 Å². The van der Waals surface area contributed by atoms with Crippen LogP contribution in [0, 0.1) is 0 Å². The van der Waals surface area contributed by atoms with Crippen LogP contribution in [-0.2, 0) is 22.1 Å². The van der Waals surface area contributed by atoms with Crippen LogP contribution in [0.3, 0.4) is 0 Å². The first-order valence-corrected chi connectivity index (χ1v) is 6.82. The fourth-order valence-corrected chi connectivity index (χ4v) is 1.93. The van der Waals surface area contributed by atoms with E-state index in [0.29, 0.717) is 25.1 Å². The molecule has 0 aliphatic carbocycles. The Hall–Kier alpha value is -1.27. The predicted molar refractivity (Wildman–Crippen MR) is 74.3 cm³/mol. The minimum atomic E-state index is -4.36. The minimum Gasteiger partial charge on any atom is -0.383 e. The summed E-state index contributed by atoms with van der Waals surface area (Å²) >= 11 is 5.90. The molecule has 0 aliphatic heterocycles. The minimum absolute atomic E-state index is 0.0371. The first kappa shape index (κ1) is 17.8. The summed E-state index contributed by atoms with van der Waals surface area (Å²) in [4.78, 5) is 11.6. The van der Waals surface area contributed by atoms with Gasteiger partial charge in [-0.15, -0.1) is 11.6 Å². The van der Waals surface area contributed by atoms with Gasteiger partial charge in [0.25, 0.3) is 0 Å². The molecule has 0 aromatic heterocycles. The molecule has 3 nitrogen and oxygen atoms in total. The molecule has 21 heavy (non-hydrogen) atoms. The Balaban J connectivity index is 2.38. The maximum atomic E-state index is 12.4. The lowest BCUT2D eigenvalue weighted by molar-refractivity contribution is -0.137. The average Bonchev–Trinajstić information content (AvgIpc) is 2.38. The molecule has 1 aromatic rings. The Labute approximate surface area is 126 Å². The standard InChI is InChI=1S/C14H17ClF3NO2/c1-21-9-12(15)6-7-19-13(20)8-10-2-4-11(5-3-10)14(16,17)18/h2-5,12H,6-9H2,1H3,(H,19,20). The second kappa shape index (κ2) is 8.24. The van der Waals surface area contributed by atoms with Crippen molar-refractivity contribution < 1.29 is 22.7 Å². The zero-order valence-electron chi connectivity index (χ0n) is 11.5. The summed E-state index contributed by atoms with van der Waals surface area (Å²) in [7, 11) is 1.54. The highest BCUT2D eigenvalue weighted by atomic mass is 35.5. The quantitative estimate of drug-likeness (QED) is 0.783. The maximum Gasteiger partial charge on any atom is 0.416 e. The SMILES string of the molecule is COCC(Cl)CCNC(=O)Cc1ccc(C(F)(F)F)cc1. The second-order valence-corrected chi connectivity index (χ2v) is 5.18. The van der Waals surface area contributed by atoms with Crippen molar-refractivity contribution >= 4 is 17.5 Å². The summed E-state index contributed by atoms with van der Waals surface area (Å²) in [5.41, 5.74) is -0.198. The van der Waals surface area contributed by atoms with Crippen LogP contribution in [0.25, 0.3) is 0 Å². The summed E-state index contributed by atoms with van der Waals surface area (Å²) in [6.07, 6.45) is -3.76. The molecule has 1 N–H and O–H groups in total. The predicted octanol–water partition coefficient (Wildman–Crippen LogP) is 3.01. The van der Waals surface area contributed by atoms with Crippen LogP contribution in [0.15, 0.2) is 24.3 Å². The monoisotopic (exact) mass is 323 g/mol. The van der Waals surface area contributed by atoms with E-state index < -0.39 is 11.7 Å². The Morgan fingerprint density at radius 2 is 1.95 bits per heavy atom. The summed E-state index contributed by atoms with van der Waals surface area (Å²) in [5, 5.41) is 2.48. The van der Waals surface area contributed by atoms with E-state index in [2.05, 4.69) is 5.32 Å². The molecule has 0 fully saturated rings. The van der Waals surface area contributed by atoms with E-state index in [1.807, 2.05) is 0 Å². The van der Waals surface area contributed by atoms with E-state index in [0.717, 1.165) is 12.1 Å². The van der Waals surface area contributed by atoms with Crippen LogP contribution in [0.4, 0.5) is 13.2 Å². The molecule has 1 amide bonds. The van der Waals surface area contributed by atoms with E-state index in [-0.39, 0.29) is 17.7 Å². The van der Waals surface area contributed by atoms with Crippen molar-refractivity contribution in [2.45, 2.75) is 24.4 Å².